The molecule has 166 valence electrons. The number of carbonyl (C=O) groups is 2. The summed E-state index contributed by atoms with van der Waals surface area (Å²) < 4.78 is 30.6. The molecule has 3 aromatic rings. The monoisotopic (exact) mass is 472 g/mol. The Hall–Kier alpha value is -3.36. The summed E-state index contributed by atoms with van der Waals surface area (Å²) in [6.45, 7) is 1.69. The summed E-state index contributed by atoms with van der Waals surface area (Å²) in [4.78, 5) is 24.2. The molecular weight excluding hydrogens is 452 g/mol. The van der Waals surface area contributed by atoms with Crippen LogP contribution in [-0.2, 0) is 20.3 Å². The number of hydrogen-bond acceptors (Lipinski definition) is 5. The lowest BCUT2D eigenvalue weighted by molar-refractivity contribution is 0.0600. The van der Waals surface area contributed by atoms with E-state index in [1.54, 1.807) is 61.5 Å². The van der Waals surface area contributed by atoms with E-state index < -0.39 is 21.8 Å². The van der Waals surface area contributed by atoms with Crippen LogP contribution < -0.4 is 10.6 Å². The lowest BCUT2D eigenvalue weighted by Crippen LogP contribution is -2.20. The van der Waals surface area contributed by atoms with Crippen molar-refractivity contribution >= 4 is 44.8 Å². The minimum absolute atomic E-state index is 0.123. The zero-order valence-corrected chi connectivity index (χ0v) is 19.0. The number of sulfone groups is 1. The van der Waals surface area contributed by atoms with Crippen molar-refractivity contribution in [1.29, 1.82) is 0 Å². The Bertz CT molecular complexity index is 1260. The van der Waals surface area contributed by atoms with Gasteiger partial charge in [0, 0.05) is 16.4 Å². The van der Waals surface area contributed by atoms with Crippen LogP contribution in [0.2, 0.25) is 5.02 Å². The van der Waals surface area contributed by atoms with Gasteiger partial charge in [-0.25, -0.2) is 18.0 Å². The van der Waals surface area contributed by atoms with E-state index in [1.807, 2.05) is 0 Å². The Labute approximate surface area is 191 Å². The van der Waals surface area contributed by atoms with Crippen molar-refractivity contribution in [1.82, 2.24) is 0 Å². The number of carbonyl (C=O) groups excluding carboxylic acids is 2. The molecule has 0 aliphatic rings. The summed E-state index contributed by atoms with van der Waals surface area (Å²) in [5, 5.41) is 5.75. The normalized spacial score (nSPS) is 11.0. The Morgan fingerprint density at radius 3 is 2.25 bits per heavy atom. The second-order valence-corrected chi connectivity index (χ2v) is 9.41. The van der Waals surface area contributed by atoms with Crippen LogP contribution in [0.25, 0.3) is 0 Å². The molecule has 0 aromatic heterocycles. The Kier molecular flexibility index (Phi) is 7.17. The van der Waals surface area contributed by atoms with Gasteiger partial charge < -0.3 is 15.4 Å². The number of rotatable bonds is 6. The van der Waals surface area contributed by atoms with E-state index in [2.05, 4.69) is 15.4 Å². The maximum atomic E-state index is 13.0. The number of methoxy groups -OCH3 is 1. The van der Waals surface area contributed by atoms with Gasteiger partial charge in [-0.05, 0) is 60.5 Å². The average Bonchev–Trinajstić information content (AvgIpc) is 2.76. The molecule has 3 rings (SSSR count). The van der Waals surface area contributed by atoms with Gasteiger partial charge in [0.05, 0.1) is 23.3 Å². The van der Waals surface area contributed by atoms with Crippen molar-refractivity contribution in [3.8, 4) is 0 Å². The predicted molar refractivity (Wildman–Crippen MR) is 124 cm³/mol. The fourth-order valence-electron chi connectivity index (χ4n) is 3.03. The molecule has 0 aliphatic heterocycles. The first kappa shape index (κ1) is 23.3. The van der Waals surface area contributed by atoms with Crippen LogP contribution in [0.3, 0.4) is 0 Å². The first-order valence-corrected chi connectivity index (χ1v) is 11.6. The van der Waals surface area contributed by atoms with E-state index in [9.17, 15) is 18.0 Å². The van der Waals surface area contributed by atoms with E-state index in [1.165, 1.54) is 19.2 Å². The molecule has 0 unspecified atom stereocenters. The zero-order valence-electron chi connectivity index (χ0n) is 17.4. The Morgan fingerprint density at radius 1 is 0.938 bits per heavy atom. The number of ether oxygens (including phenoxy) is 1. The van der Waals surface area contributed by atoms with E-state index in [0.717, 1.165) is 0 Å². The fraction of sp³-hybridized carbons (Fsp3) is 0.130. The average molecular weight is 473 g/mol. The lowest BCUT2D eigenvalue weighted by atomic mass is 10.2. The first-order chi connectivity index (χ1) is 15.2. The van der Waals surface area contributed by atoms with E-state index in [4.69, 9.17) is 11.6 Å². The second kappa shape index (κ2) is 9.84. The highest BCUT2D eigenvalue weighted by molar-refractivity contribution is 7.90. The molecule has 0 heterocycles. The molecule has 2 N–H and O–H groups in total. The number of aryl methyl sites for hydroxylation is 1. The fourth-order valence-corrected chi connectivity index (χ4v) is 4.80. The molecule has 0 spiro atoms. The van der Waals surface area contributed by atoms with Crippen LogP contribution in [-0.4, -0.2) is 27.5 Å². The largest absolute Gasteiger partial charge is 0.465 e. The Morgan fingerprint density at radius 2 is 1.59 bits per heavy atom. The highest BCUT2D eigenvalue weighted by Crippen LogP contribution is 2.25. The zero-order chi connectivity index (χ0) is 23.3. The maximum absolute atomic E-state index is 13.0. The molecule has 0 radical (unpaired) electrons. The van der Waals surface area contributed by atoms with E-state index >= 15 is 0 Å². The number of urea groups is 1. The lowest BCUT2D eigenvalue weighted by Gasteiger charge is -2.12. The van der Waals surface area contributed by atoms with Crippen molar-refractivity contribution < 1.29 is 22.7 Å². The summed E-state index contributed by atoms with van der Waals surface area (Å²) in [7, 11) is -2.39. The number of hydrogen-bond donors (Lipinski definition) is 2. The number of amides is 2. The van der Waals surface area contributed by atoms with Crippen molar-refractivity contribution in [3.05, 3.63) is 88.4 Å². The van der Waals surface area contributed by atoms with Gasteiger partial charge in [0.15, 0.2) is 9.84 Å². The molecule has 32 heavy (non-hydrogen) atoms. The minimum Gasteiger partial charge on any atom is -0.465 e. The van der Waals surface area contributed by atoms with Gasteiger partial charge in [-0.15, -0.1) is 0 Å². The molecule has 9 heteroatoms. The van der Waals surface area contributed by atoms with Crippen molar-refractivity contribution in [2.24, 2.45) is 0 Å². The number of halogens is 1. The third kappa shape index (κ3) is 5.87. The highest BCUT2D eigenvalue weighted by Gasteiger charge is 2.19. The smallest absolute Gasteiger partial charge is 0.337 e. The van der Waals surface area contributed by atoms with Gasteiger partial charge in [-0.2, -0.15) is 0 Å². The van der Waals surface area contributed by atoms with E-state index in [0.29, 0.717) is 27.5 Å². The van der Waals surface area contributed by atoms with Crippen molar-refractivity contribution in [2.75, 3.05) is 17.7 Å². The summed E-state index contributed by atoms with van der Waals surface area (Å²) in [6.07, 6.45) is 0. The van der Waals surface area contributed by atoms with Crippen LogP contribution in [0.15, 0.2) is 71.6 Å². The molecule has 0 saturated carbocycles. The topological polar surface area (TPSA) is 102 Å². The predicted octanol–water partition coefficient (Wildman–Crippen LogP) is 5.05. The molecule has 0 aliphatic carbocycles. The quantitative estimate of drug-likeness (QED) is 0.488. The third-order valence-corrected chi connectivity index (χ3v) is 6.67. The van der Waals surface area contributed by atoms with Gasteiger partial charge in [0.2, 0.25) is 0 Å². The Balaban J connectivity index is 1.76. The molecular formula is C23H21ClN2O5S. The highest BCUT2D eigenvalue weighted by atomic mass is 35.5. The molecule has 2 amide bonds. The number of anilines is 2. The van der Waals surface area contributed by atoms with Crippen molar-refractivity contribution in [2.45, 2.75) is 17.6 Å². The first-order valence-electron chi connectivity index (χ1n) is 9.52. The SMILES string of the molecule is COC(=O)c1cccc(NC(=O)Nc2ccc(C)c(S(=O)(=O)Cc3ccc(Cl)cc3)c2)c1. The molecule has 0 atom stereocenters. The summed E-state index contributed by atoms with van der Waals surface area (Å²) in [5.74, 6) is -0.718. The van der Waals surface area contributed by atoms with Crippen LogP contribution in [0, 0.1) is 6.92 Å². The van der Waals surface area contributed by atoms with Gasteiger partial charge in [0.1, 0.15) is 0 Å². The van der Waals surface area contributed by atoms with Crippen molar-refractivity contribution in [3.63, 3.8) is 0 Å². The van der Waals surface area contributed by atoms with Gasteiger partial charge >= 0.3 is 12.0 Å². The molecule has 3 aromatic carbocycles. The van der Waals surface area contributed by atoms with Crippen LogP contribution >= 0.6 is 11.6 Å². The summed E-state index contributed by atoms with van der Waals surface area (Å²) >= 11 is 5.87. The number of nitrogens with one attached hydrogen (secondary N) is 2. The molecule has 0 bridgehead atoms. The summed E-state index contributed by atoms with van der Waals surface area (Å²) in [6, 6.07) is 16.9. The van der Waals surface area contributed by atoms with E-state index in [-0.39, 0.29) is 16.2 Å². The molecule has 0 saturated heterocycles. The second-order valence-electron chi connectivity index (χ2n) is 7.02. The molecule has 0 fully saturated rings. The third-order valence-electron chi connectivity index (χ3n) is 4.59. The van der Waals surface area contributed by atoms with Gasteiger partial charge in [-0.1, -0.05) is 35.9 Å². The summed E-state index contributed by atoms with van der Waals surface area (Å²) in [5.41, 5.74) is 2.15. The van der Waals surface area contributed by atoms with Gasteiger partial charge in [-0.3, -0.25) is 0 Å². The van der Waals surface area contributed by atoms with Crippen LogP contribution in [0.1, 0.15) is 21.5 Å². The van der Waals surface area contributed by atoms with Crippen LogP contribution in [0.4, 0.5) is 16.2 Å². The maximum Gasteiger partial charge on any atom is 0.337 e. The standard InChI is InChI=1S/C23H21ClN2O5S/c1-15-6-11-20(13-21(15)32(29,30)14-16-7-9-18(24)10-8-16)26-23(28)25-19-5-3-4-17(12-19)22(27)31-2/h3-13H,14H2,1-2H3,(H2,25,26,28). The minimum atomic E-state index is -3.66. The number of benzene rings is 3. The van der Waals surface area contributed by atoms with Gasteiger partial charge in [0.25, 0.3) is 0 Å². The number of esters is 1. The van der Waals surface area contributed by atoms with Crippen LogP contribution in [0.5, 0.6) is 0 Å². The molecule has 7 nitrogen and oxygen atoms in total.